The van der Waals surface area contributed by atoms with Gasteiger partial charge in [-0.15, -0.1) is 0 Å². The van der Waals surface area contributed by atoms with Gasteiger partial charge < -0.3 is 14.2 Å². The summed E-state index contributed by atoms with van der Waals surface area (Å²) in [7, 11) is 0. The second-order valence-electron chi connectivity index (χ2n) is 8.02. The lowest BCUT2D eigenvalue weighted by atomic mass is 10.2. The molecule has 2 aromatic carbocycles. The highest BCUT2D eigenvalue weighted by atomic mass is 79.9. The molecule has 0 amide bonds. The molecule has 0 saturated heterocycles. The average molecular weight is 658 g/mol. The van der Waals surface area contributed by atoms with Crippen molar-refractivity contribution in [2.75, 3.05) is 13.2 Å². The molecule has 0 aliphatic heterocycles. The van der Waals surface area contributed by atoms with Gasteiger partial charge in [-0.05, 0) is 67.4 Å². The van der Waals surface area contributed by atoms with E-state index < -0.39 is 12.1 Å². The number of nitrogens with zero attached hydrogens (tertiary/aromatic N) is 3. The van der Waals surface area contributed by atoms with E-state index in [1.807, 2.05) is 19.1 Å². The molecule has 3 aromatic rings. The number of rotatable bonds is 11. The summed E-state index contributed by atoms with van der Waals surface area (Å²) >= 11 is 13.5. The van der Waals surface area contributed by atoms with E-state index in [-0.39, 0.29) is 22.9 Å². The first kappa shape index (κ1) is 29.1. The predicted molar refractivity (Wildman–Crippen MR) is 152 cm³/mol. The van der Waals surface area contributed by atoms with Crippen LogP contribution in [0.2, 0.25) is 5.02 Å². The second-order valence-corrected chi connectivity index (χ2v) is 10.1. The van der Waals surface area contributed by atoms with Crippen molar-refractivity contribution < 1.29 is 19.0 Å². The minimum atomic E-state index is -0.897. The van der Waals surface area contributed by atoms with Crippen molar-refractivity contribution in [2.45, 2.75) is 53.1 Å². The molecule has 0 aliphatic carbocycles. The zero-order valence-electron chi connectivity index (χ0n) is 21.0. The van der Waals surface area contributed by atoms with Gasteiger partial charge in [0.2, 0.25) is 0 Å². The third-order valence-corrected chi connectivity index (χ3v) is 7.25. The molecule has 0 aliphatic rings. The van der Waals surface area contributed by atoms with Crippen LogP contribution in [0, 0.1) is 0 Å². The standard InChI is InChI=1S/C26H28Br2ClN3O5/c1-5-8-9-21-31-19-11-10-17(27)13-18(19)25(33)32(21)30-14-16-12-20(35-6-2)24(23(29)22(16)28)37-15(4)26(34)36-7-3/h10-15H,5-9H2,1-4H3/t15-/m1/s1. The zero-order valence-corrected chi connectivity index (χ0v) is 24.9. The van der Waals surface area contributed by atoms with E-state index in [4.69, 9.17) is 30.8 Å². The highest BCUT2D eigenvalue weighted by Gasteiger charge is 2.23. The highest BCUT2D eigenvalue weighted by Crippen LogP contribution is 2.43. The van der Waals surface area contributed by atoms with Crippen LogP contribution in [0.15, 0.2) is 43.1 Å². The van der Waals surface area contributed by atoms with E-state index in [1.54, 1.807) is 26.0 Å². The minimum Gasteiger partial charge on any atom is -0.490 e. The molecule has 0 unspecified atom stereocenters. The molecule has 0 radical (unpaired) electrons. The molecule has 1 atom stereocenters. The molecule has 1 aromatic heterocycles. The van der Waals surface area contributed by atoms with Crippen LogP contribution in [0.1, 0.15) is 51.9 Å². The lowest BCUT2D eigenvalue weighted by molar-refractivity contribution is -0.150. The monoisotopic (exact) mass is 655 g/mol. The summed E-state index contributed by atoms with van der Waals surface area (Å²) in [6.45, 7) is 7.76. The Morgan fingerprint density at radius 2 is 1.97 bits per heavy atom. The lowest BCUT2D eigenvalue weighted by Gasteiger charge is -2.19. The van der Waals surface area contributed by atoms with Gasteiger partial charge in [-0.2, -0.15) is 9.78 Å². The van der Waals surface area contributed by atoms with E-state index in [0.717, 1.165) is 17.3 Å². The zero-order chi connectivity index (χ0) is 27.1. The van der Waals surface area contributed by atoms with Crippen molar-refractivity contribution >= 4 is 66.5 Å². The van der Waals surface area contributed by atoms with Crippen molar-refractivity contribution in [2.24, 2.45) is 5.10 Å². The summed E-state index contributed by atoms with van der Waals surface area (Å²) in [5, 5.41) is 5.15. The van der Waals surface area contributed by atoms with Crippen LogP contribution >= 0.6 is 43.5 Å². The number of carbonyl (C=O) groups excluding carboxylic acids is 1. The van der Waals surface area contributed by atoms with Crippen LogP contribution in [0.3, 0.4) is 0 Å². The van der Waals surface area contributed by atoms with Gasteiger partial charge in [-0.1, -0.05) is 40.9 Å². The first-order valence-corrected chi connectivity index (χ1v) is 13.9. The maximum absolute atomic E-state index is 13.4. The van der Waals surface area contributed by atoms with Crippen molar-refractivity contribution in [3.63, 3.8) is 0 Å². The molecule has 0 bridgehead atoms. The van der Waals surface area contributed by atoms with E-state index in [2.05, 4.69) is 43.9 Å². The Bertz CT molecular complexity index is 1380. The Morgan fingerprint density at radius 3 is 2.65 bits per heavy atom. The smallest absolute Gasteiger partial charge is 0.347 e. The Balaban J connectivity index is 2.08. The molecular weight excluding hydrogens is 630 g/mol. The number of aryl methyl sites for hydroxylation is 1. The fourth-order valence-corrected chi connectivity index (χ4v) is 4.49. The highest BCUT2D eigenvalue weighted by molar-refractivity contribution is 9.10. The Kier molecular flexibility index (Phi) is 10.5. The fourth-order valence-electron chi connectivity index (χ4n) is 3.49. The van der Waals surface area contributed by atoms with Gasteiger partial charge in [0.1, 0.15) is 10.8 Å². The summed E-state index contributed by atoms with van der Waals surface area (Å²) in [6, 6.07) is 7.08. The van der Waals surface area contributed by atoms with Crippen molar-refractivity contribution in [1.29, 1.82) is 0 Å². The largest absolute Gasteiger partial charge is 0.490 e. The molecule has 37 heavy (non-hydrogen) atoms. The van der Waals surface area contributed by atoms with Gasteiger partial charge in [-0.25, -0.2) is 9.78 Å². The number of aromatic nitrogens is 2. The van der Waals surface area contributed by atoms with Gasteiger partial charge in [0.15, 0.2) is 17.6 Å². The van der Waals surface area contributed by atoms with Crippen LogP contribution < -0.4 is 15.0 Å². The van der Waals surface area contributed by atoms with Gasteiger partial charge in [0, 0.05) is 20.9 Å². The van der Waals surface area contributed by atoms with Gasteiger partial charge in [0.25, 0.3) is 5.56 Å². The average Bonchev–Trinajstić information content (AvgIpc) is 2.87. The summed E-state index contributed by atoms with van der Waals surface area (Å²) in [4.78, 5) is 30.1. The number of unbranched alkanes of at least 4 members (excludes halogenated alkanes) is 1. The van der Waals surface area contributed by atoms with Gasteiger partial charge in [-0.3, -0.25) is 4.79 Å². The second kappa shape index (κ2) is 13.4. The van der Waals surface area contributed by atoms with E-state index in [9.17, 15) is 9.59 Å². The quantitative estimate of drug-likeness (QED) is 0.172. The van der Waals surface area contributed by atoms with E-state index in [1.165, 1.54) is 10.9 Å². The number of halogens is 3. The molecular formula is C26H28Br2ClN3O5. The van der Waals surface area contributed by atoms with Crippen LogP contribution in [-0.4, -0.2) is 41.2 Å². The first-order chi connectivity index (χ1) is 17.7. The predicted octanol–water partition coefficient (Wildman–Crippen LogP) is 6.53. The van der Waals surface area contributed by atoms with Crippen LogP contribution in [0.25, 0.3) is 10.9 Å². The number of carbonyl (C=O) groups is 1. The number of hydrogen-bond acceptors (Lipinski definition) is 7. The molecule has 198 valence electrons. The van der Waals surface area contributed by atoms with Crippen molar-refractivity contribution in [3.05, 3.63) is 60.0 Å². The molecule has 0 fully saturated rings. The number of esters is 1. The number of hydrogen-bond donors (Lipinski definition) is 0. The Labute approximate surface area is 237 Å². The topological polar surface area (TPSA) is 92.0 Å². The van der Waals surface area contributed by atoms with Crippen LogP contribution in [0.4, 0.5) is 0 Å². The first-order valence-electron chi connectivity index (χ1n) is 11.9. The summed E-state index contributed by atoms with van der Waals surface area (Å²) in [5.41, 5.74) is 0.891. The molecule has 0 spiro atoms. The molecule has 0 saturated carbocycles. The third kappa shape index (κ3) is 6.91. The minimum absolute atomic E-state index is 0.197. The maximum atomic E-state index is 13.4. The SMILES string of the molecule is CCCCc1nc2ccc(Br)cc2c(=O)n1N=Cc1cc(OCC)c(O[C@H](C)C(=O)OCC)c(Cl)c1Br. The normalized spacial score (nSPS) is 12.2. The van der Waals surface area contributed by atoms with E-state index >= 15 is 0 Å². The van der Waals surface area contributed by atoms with Gasteiger partial charge >= 0.3 is 5.97 Å². The lowest BCUT2D eigenvalue weighted by Crippen LogP contribution is -2.26. The number of benzene rings is 2. The number of ether oxygens (including phenoxy) is 3. The molecule has 8 nitrogen and oxygen atoms in total. The maximum Gasteiger partial charge on any atom is 0.347 e. The molecule has 3 rings (SSSR count). The third-order valence-electron chi connectivity index (χ3n) is 5.31. The molecule has 0 N–H and O–H groups in total. The van der Waals surface area contributed by atoms with Crippen LogP contribution in [0.5, 0.6) is 11.5 Å². The summed E-state index contributed by atoms with van der Waals surface area (Å²) in [6.07, 6.45) is 3.02. The summed E-state index contributed by atoms with van der Waals surface area (Å²) < 4.78 is 19.1. The fraction of sp³-hybridized carbons (Fsp3) is 0.385. The van der Waals surface area contributed by atoms with E-state index in [0.29, 0.717) is 45.5 Å². The Morgan fingerprint density at radius 1 is 1.22 bits per heavy atom. The molecule has 11 heteroatoms. The number of fused-ring (bicyclic) bond motifs is 1. The Hall–Kier alpha value is -2.43. The van der Waals surface area contributed by atoms with Gasteiger partial charge in [0.05, 0.1) is 30.3 Å². The van der Waals surface area contributed by atoms with Crippen LogP contribution in [-0.2, 0) is 16.0 Å². The summed E-state index contributed by atoms with van der Waals surface area (Å²) in [5.74, 6) is 0.573. The molecule has 1 heterocycles. The van der Waals surface area contributed by atoms with Crippen molar-refractivity contribution in [3.8, 4) is 11.5 Å². The van der Waals surface area contributed by atoms with Crippen molar-refractivity contribution in [1.82, 2.24) is 9.66 Å².